The van der Waals surface area contributed by atoms with Gasteiger partial charge in [-0.3, -0.25) is 0 Å². The van der Waals surface area contributed by atoms with Gasteiger partial charge in [-0.25, -0.2) is 0 Å². The maximum absolute atomic E-state index is 5.08. The molecule has 0 aromatic carbocycles. The van der Waals surface area contributed by atoms with Crippen molar-refractivity contribution in [2.45, 2.75) is 13.8 Å². The molecule has 0 saturated carbocycles. The number of hydrogen-bond acceptors (Lipinski definition) is 1. The van der Waals surface area contributed by atoms with Crippen LogP contribution in [0.3, 0.4) is 0 Å². The summed E-state index contributed by atoms with van der Waals surface area (Å²) in [6, 6.07) is 0. The molecule has 0 aliphatic rings. The second-order valence-corrected chi connectivity index (χ2v) is 1.73. The van der Waals surface area contributed by atoms with E-state index >= 15 is 0 Å². The summed E-state index contributed by atoms with van der Waals surface area (Å²) >= 11 is 0. The fourth-order valence-electron chi connectivity index (χ4n) is 0.343. The lowest BCUT2D eigenvalue weighted by Gasteiger charge is -2.01. The van der Waals surface area contributed by atoms with Crippen molar-refractivity contribution in [1.82, 2.24) is 0 Å². The Morgan fingerprint density at radius 3 is 2.75 bits per heavy atom. The maximum Gasteiger partial charge on any atom is 0.0600 e. The smallest absolute Gasteiger partial charge is 0.0600 e. The van der Waals surface area contributed by atoms with Crippen LogP contribution >= 0.6 is 0 Å². The summed E-state index contributed by atoms with van der Waals surface area (Å²) in [7, 11) is 0. The lowest BCUT2D eigenvalue weighted by molar-refractivity contribution is 0.131. The van der Waals surface area contributed by atoms with Gasteiger partial charge in [-0.1, -0.05) is 0 Å². The van der Waals surface area contributed by atoms with E-state index in [0.29, 0.717) is 6.61 Å². The molecule has 0 aliphatic carbocycles. The molecular weight excluding hydrogens is 100 g/mol. The van der Waals surface area contributed by atoms with Crippen LogP contribution < -0.4 is 0 Å². The number of terminal acetylenes is 1. The molecule has 0 bridgehead atoms. The molecule has 0 spiro atoms. The van der Waals surface area contributed by atoms with Crippen LogP contribution in [-0.2, 0) is 4.74 Å². The standard InChI is InChI=1S/C7H12O/c1-4-7(3)6-8-5-2/h1,7H,5-6H2,2-3H3. The molecule has 0 N–H and O–H groups in total. The Balaban J connectivity index is 3.02. The molecule has 0 aliphatic heterocycles. The van der Waals surface area contributed by atoms with Crippen molar-refractivity contribution in [3.8, 4) is 12.3 Å². The number of hydrogen-bond donors (Lipinski definition) is 0. The van der Waals surface area contributed by atoms with E-state index in [0.717, 1.165) is 6.61 Å². The summed E-state index contributed by atoms with van der Waals surface area (Å²) in [4.78, 5) is 0. The van der Waals surface area contributed by atoms with Crippen molar-refractivity contribution >= 4 is 0 Å². The number of ether oxygens (including phenoxy) is 1. The van der Waals surface area contributed by atoms with Gasteiger partial charge < -0.3 is 4.74 Å². The van der Waals surface area contributed by atoms with Crippen LogP contribution in [0.2, 0.25) is 0 Å². The van der Waals surface area contributed by atoms with Gasteiger partial charge in [0.25, 0.3) is 0 Å². The summed E-state index contributed by atoms with van der Waals surface area (Å²) < 4.78 is 5.04. The highest BCUT2D eigenvalue weighted by Crippen LogP contribution is 1.90. The van der Waals surface area contributed by atoms with Crippen molar-refractivity contribution in [2.75, 3.05) is 13.2 Å². The third-order valence-corrected chi connectivity index (χ3v) is 0.856. The molecule has 0 fully saturated rings. The average molecular weight is 112 g/mol. The second kappa shape index (κ2) is 4.67. The van der Waals surface area contributed by atoms with Crippen LogP contribution in [0.4, 0.5) is 0 Å². The van der Waals surface area contributed by atoms with Crippen LogP contribution in [0.5, 0.6) is 0 Å². The first-order chi connectivity index (χ1) is 3.81. The Hall–Kier alpha value is -0.480. The lowest BCUT2D eigenvalue weighted by Crippen LogP contribution is -2.02. The van der Waals surface area contributed by atoms with Crippen molar-refractivity contribution < 1.29 is 4.74 Å². The minimum Gasteiger partial charge on any atom is -0.380 e. The Bertz CT molecular complexity index is 80.9. The zero-order valence-corrected chi connectivity index (χ0v) is 5.48. The van der Waals surface area contributed by atoms with E-state index in [1.165, 1.54) is 0 Å². The molecule has 0 aromatic heterocycles. The summed E-state index contributed by atoms with van der Waals surface area (Å²) in [6.45, 7) is 5.37. The Morgan fingerprint density at radius 1 is 1.75 bits per heavy atom. The van der Waals surface area contributed by atoms with Crippen molar-refractivity contribution in [1.29, 1.82) is 0 Å². The highest BCUT2D eigenvalue weighted by Gasteiger charge is 1.92. The van der Waals surface area contributed by atoms with Gasteiger partial charge in [0.05, 0.1) is 6.61 Å². The summed E-state index contributed by atoms with van der Waals surface area (Å²) in [5.41, 5.74) is 0. The first-order valence-corrected chi connectivity index (χ1v) is 2.85. The molecule has 46 valence electrons. The van der Waals surface area contributed by atoms with E-state index in [9.17, 15) is 0 Å². The monoisotopic (exact) mass is 112 g/mol. The van der Waals surface area contributed by atoms with Crippen LogP contribution in [0.25, 0.3) is 0 Å². The minimum absolute atomic E-state index is 0.259. The molecule has 8 heavy (non-hydrogen) atoms. The van der Waals surface area contributed by atoms with Gasteiger partial charge in [-0.2, -0.15) is 0 Å². The van der Waals surface area contributed by atoms with E-state index in [1.807, 2.05) is 13.8 Å². The topological polar surface area (TPSA) is 9.23 Å². The van der Waals surface area contributed by atoms with Gasteiger partial charge in [0.1, 0.15) is 0 Å². The van der Waals surface area contributed by atoms with Crippen LogP contribution in [0, 0.1) is 18.3 Å². The summed E-state index contributed by atoms with van der Waals surface area (Å²) in [5.74, 6) is 2.83. The van der Waals surface area contributed by atoms with Gasteiger partial charge in [0, 0.05) is 12.5 Å². The van der Waals surface area contributed by atoms with Crippen molar-refractivity contribution in [3.05, 3.63) is 0 Å². The molecule has 0 radical (unpaired) electrons. The molecule has 0 heterocycles. The fraction of sp³-hybridized carbons (Fsp3) is 0.714. The SMILES string of the molecule is C#CC(C)COCC. The predicted molar refractivity (Wildman–Crippen MR) is 34.5 cm³/mol. The summed E-state index contributed by atoms with van der Waals surface area (Å²) in [5, 5.41) is 0. The average Bonchev–Trinajstić information content (AvgIpc) is 1.83. The third kappa shape index (κ3) is 3.70. The Kier molecular flexibility index (Phi) is 4.39. The van der Waals surface area contributed by atoms with Gasteiger partial charge >= 0.3 is 0 Å². The highest BCUT2D eigenvalue weighted by atomic mass is 16.5. The quantitative estimate of drug-likeness (QED) is 0.500. The molecule has 1 unspecified atom stereocenters. The van der Waals surface area contributed by atoms with Crippen molar-refractivity contribution in [3.63, 3.8) is 0 Å². The number of rotatable bonds is 3. The third-order valence-electron chi connectivity index (χ3n) is 0.856. The first-order valence-electron chi connectivity index (χ1n) is 2.85. The first kappa shape index (κ1) is 7.52. The van der Waals surface area contributed by atoms with E-state index in [1.54, 1.807) is 0 Å². The van der Waals surface area contributed by atoms with E-state index in [2.05, 4.69) is 5.92 Å². The van der Waals surface area contributed by atoms with Gasteiger partial charge in [0.15, 0.2) is 0 Å². The van der Waals surface area contributed by atoms with E-state index in [4.69, 9.17) is 11.2 Å². The fourth-order valence-corrected chi connectivity index (χ4v) is 0.343. The molecular formula is C7H12O. The molecule has 1 heteroatoms. The van der Waals surface area contributed by atoms with Crippen LogP contribution in [0.1, 0.15) is 13.8 Å². The van der Waals surface area contributed by atoms with Gasteiger partial charge in [-0.05, 0) is 13.8 Å². The zero-order chi connectivity index (χ0) is 6.41. The largest absolute Gasteiger partial charge is 0.380 e. The predicted octanol–water partition coefficient (Wildman–Crippen LogP) is 1.29. The molecule has 1 atom stereocenters. The Morgan fingerprint density at radius 2 is 2.38 bits per heavy atom. The van der Waals surface area contributed by atoms with Crippen molar-refractivity contribution in [2.24, 2.45) is 5.92 Å². The van der Waals surface area contributed by atoms with Gasteiger partial charge in [-0.15, -0.1) is 12.3 Å². The summed E-state index contributed by atoms with van der Waals surface area (Å²) in [6.07, 6.45) is 5.08. The molecule has 0 rings (SSSR count). The molecule has 1 nitrogen and oxygen atoms in total. The minimum atomic E-state index is 0.259. The van der Waals surface area contributed by atoms with Crippen LogP contribution in [-0.4, -0.2) is 13.2 Å². The molecule has 0 aromatic rings. The maximum atomic E-state index is 5.08. The van der Waals surface area contributed by atoms with E-state index in [-0.39, 0.29) is 5.92 Å². The lowest BCUT2D eigenvalue weighted by atomic mass is 10.2. The Labute approximate surface area is 51.0 Å². The van der Waals surface area contributed by atoms with Crippen LogP contribution in [0.15, 0.2) is 0 Å². The molecule has 0 saturated heterocycles. The van der Waals surface area contributed by atoms with Gasteiger partial charge in [0.2, 0.25) is 0 Å². The normalized spacial score (nSPS) is 12.6. The van der Waals surface area contributed by atoms with E-state index < -0.39 is 0 Å². The molecule has 0 amide bonds. The second-order valence-electron chi connectivity index (χ2n) is 1.73. The zero-order valence-electron chi connectivity index (χ0n) is 5.48. The highest BCUT2D eigenvalue weighted by molar-refractivity contribution is 4.89.